The number of carbonyl (C=O) groups excluding carboxylic acids is 1. The summed E-state index contributed by atoms with van der Waals surface area (Å²) in [5.41, 5.74) is 2.53. The summed E-state index contributed by atoms with van der Waals surface area (Å²) in [4.78, 5) is 20.5. The number of nitrogens with zero attached hydrogens (tertiary/aromatic N) is 2. The van der Waals surface area contributed by atoms with Crippen LogP contribution < -0.4 is 10.6 Å². The standard InChI is InChI=1S/C19H17ClN4O/c20-17-8-6-15(7-9-17)11-22-19-23-12-16(13-24-19)18(25)21-10-14-4-2-1-3-5-14/h1-9,12-13H,10-11H2,(H,21,25)(H,22,23,24). The summed E-state index contributed by atoms with van der Waals surface area (Å²) in [6.45, 7) is 1.05. The van der Waals surface area contributed by atoms with Crippen molar-refractivity contribution in [3.8, 4) is 0 Å². The molecule has 0 atom stereocenters. The molecule has 0 aliphatic carbocycles. The third-order valence-corrected chi connectivity index (χ3v) is 3.83. The summed E-state index contributed by atoms with van der Waals surface area (Å²) < 4.78 is 0. The molecular weight excluding hydrogens is 336 g/mol. The van der Waals surface area contributed by atoms with Crippen molar-refractivity contribution < 1.29 is 4.79 Å². The predicted octanol–water partition coefficient (Wildman–Crippen LogP) is 3.67. The maximum Gasteiger partial charge on any atom is 0.254 e. The molecule has 126 valence electrons. The van der Waals surface area contributed by atoms with Crippen LogP contribution in [-0.2, 0) is 13.1 Å². The van der Waals surface area contributed by atoms with Crippen LogP contribution in [0.3, 0.4) is 0 Å². The van der Waals surface area contributed by atoms with Crippen molar-refractivity contribution in [2.75, 3.05) is 5.32 Å². The number of anilines is 1. The van der Waals surface area contributed by atoms with Gasteiger partial charge in [0.1, 0.15) is 0 Å². The lowest BCUT2D eigenvalue weighted by atomic mass is 10.2. The molecule has 0 aliphatic heterocycles. The molecule has 0 saturated carbocycles. The minimum atomic E-state index is -0.201. The fourth-order valence-electron chi connectivity index (χ4n) is 2.20. The zero-order valence-electron chi connectivity index (χ0n) is 13.4. The molecule has 1 amide bonds. The van der Waals surface area contributed by atoms with E-state index in [1.807, 2.05) is 54.6 Å². The first-order valence-corrected chi connectivity index (χ1v) is 8.21. The van der Waals surface area contributed by atoms with Gasteiger partial charge in [-0.3, -0.25) is 4.79 Å². The quantitative estimate of drug-likeness (QED) is 0.710. The van der Waals surface area contributed by atoms with Gasteiger partial charge < -0.3 is 10.6 Å². The first kappa shape index (κ1) is 16.9. The molecule has 3 rings (SSSR count). The Kier molecular flexibility index (Phi) is 5.59. The van der Waals surface area contributed by atoms with Gasteiger partial charge in [-0.15, -0.1) is 0 Å². The summed E-state index contributed by atoms with van der Waals surface area (Å²) in [5, 5.41) is 6.65. The Morgan fingerprint density at radius 3 is 2.20 bits per heavy atom. The predicted molar refractivity (Wildman–Crippen MR) is 98.4 cm³/mol. The van der Waals surface area contributed by atoms with Gasteiger partial charge in [0.15, 0.2) is 0 Å². The van der Waals surface area contributed by atoms with E-state index >= 15 is 0 Å². The Balaban J connectivity index is 1.52. The molecule has 0 saturated heterocycles. The topological polar surface area (TPSA) is 66.9 Å². The van der Waals surface area contributed by atoms with Gasteiger partial charge in [0.25, 0.3) is 5.91 Å². The number of halogens is 1. The van der Waals surface area contributed by atoms with Crippen molar-refractivity contribution in [2.24, 2.45) is 0 Å². The van der Waals surface area contributed by atoms with Gasteiger partial charge in [-0.2, -0.15) is 0 Å². The van der Waals surface area contributed by atoms with Gasteiger partial charge in [-0.25, -0.2) is 9.97 Å². The molecule has 25 heavy (non-hydrogen) atoms. The Hall–Kier alpha value is -2.92. The van der Waals surface area contributed by atoms with Crippen LogP contribution in [0.5, 0.6) is 0 Å². The number of aromatic nitrogens is 2. The number of carbonyl (C=O) groups is 1. The second-order valence-corrected chi connectivity index (χ2v) is 5.88. The van der Waals surface area contributed by atoms with Crippen LogP contribution in [0.4, 0.5) is 5.95 Å². The fourth-order valence-corrected chi connectivity index (χ4v) is 2.33. The highest BCUT2D eigenvalue weighted by molar-refractivity contribution is 6.30. The van der Waals surface area contributed by atoms with Crippen molar-refractivity contribution in [2.45, 2.75) is 13.1 Å². The van der Waals surface area contributed by atoms with Crippen LogP contribution in [0.1, 0.15) is 21.5 Å². The summed E-state index contributed by atoms with van der Waals surface area (Å²) >= 11 is 5.86. The fraction of sp³-hybridized carbons (Fsp3) is 0.105. The number of hydrogen-bond donors (Lipinski definition) is 2. The zero-order chi connectivity index (χ0) is 17.5. The van der Waals surface area contributed by atoms with Crippen molar-refractivity contribution in [1.82, 2.24) is 15.3 Å². The highest BCUT2D eigenvalue weighted by Gasteiger charge is 2.07. The first-order chi connectivity index (χ1) is 12.2. The van der Waals surface area contributed by atoms with Gasteiger partial charge in [-0.05, 0) is 23.3 Å². The molecule has 1 aromatic heterocycles. The van der Waals surface area contributed by atoms with Gasteiger partial charge in [0, 0.05) is 30.5 Å². The van der Waals surface area contributed by atoms with E-state index in [1.165, 1.54) is 12.4 Å². The van der Waals surface area contributed by atoms with E-state index in [0.29, 0.717) is 29.6 Å². The number of hydrogen-bond acceptors (Lipinski definition) is 4. The molecule has 2 aromatic carbocycles. The van der Waals surface area contributed by atoms with Crippen molar-refractivity contribution in [3.05, 3.63) is 88.7 Å². The molecule has 0 spiro atoms. The molecule has 3 aromatic rings. The number of nitrogens with one attached hydrogen (secondary N) is 2. The minimum Gasteiger partial charge on any atom is -0.350 e. The zero-order valence-corrected chi connectivity index (χ0v) is 14.2. The molecule has 0 fully saturated rings. The lowest BCUT2D eigenvalue weighted by molar-refractivity contribution is 0.0950. The Labute approximate surface area is 151 Å². The molecule has 5 nitrogen and oxygen atoms in total. The van der Waals surface area contributed by atoms with Crippen LogP contribution in [0.15, 0.2) is 67.0 Å². The van der Waals surface area contributed by atoms with Crippen LogP contribution in [0.25, 0.3) is 0 Å². The molecular formula is C19H17ClN4O. The average Bonchev–Trinajstić information content (AvgIpc) is 2.67. The van der Waals surface area contributed by atoms with E-state index < -0.39 is 0 Å². The summed E-state index contributed by atoms with van der Waals surface area (Å²) in [5.74, 6) is 0.266. The molecule has 0 bridgehead atoms. The number of amides is 1. The maximum atomic E-state index is 12.1. The van der Waals surface area contributed by atoms with E-state index in [-0.39, 0.29) is 5.91 Å². The molecule has 6 heteroatoms. The Morgan fingerprint density at radius 2 is 1.52 bits per heavy atom. The monoisotopic (exact) mass is 352 g/mol. The smallest absolute Gasteiger partial charge is 0.254 e. The third-order valence-electron chi connectivity index (χ3n) is 3.57. The Bertz CT molecular complexity index is 820. The minimum absolute atomic E-state index is 0.201. The largest absolute Gasteiger partial charge is 0.350 e. The second-order valence-electron chi connectivity index (χ2n) is 5.44. The lowest BCUT2D eigenvalue weighted by Crippen LogP contribution is -2.23. The lowest BCUT2D eigenvalue weighted by Gasteiger charge is -2.07. The summed E-state index contributed by atoms with van der Waals surface area (Å²) in [6.07, 6.45) is 3.02. The molecule has 0 aliphatic rings. The molecule has 2 N–H and O–H groups in total. The van der Waals surface area contributed by atoms with Gasteiger partial charge in [-0.1, -0.05) is 54.1 Å². The highest BCUT2D eigenvalue weighted by atomic mass is 35.5. The first-order valence-electron chi connectivity index (χ1n) is 7.83. The third kappa shape index (κ3) is 5.02. The number of rotatable bonds is 6. The number of benzene rings is 2. The van der Waals surface area contributed by atoms with E-state index in [1.54, 1.807) is 0 Å². The maximum absolute atomic E-state index is 12.1. The van der Waals surface area contributed by atoms with E-state index in [9.17, 15) is 4.79 Å². The normalized spacial score (nSPS) is 10.3. The molecule has 0 unspecified atom stereocenters. The van der Waals surface area contributed by atoms with Crippen molar-refractivity contribution >= 4 is 23.5 Å². The summed E-state index contributed by atoms with van der Waals surface area (Å²) in [6, 6.07) is 17.3. The summed E-state index contributed by atoms with van der Waals surface area (Å²) in [7, 11) is 0. The molecule has 0 radical (unpaired) electrons. The van der Waals surface area contributed by atoms with Crippen LogP contribution >= 0.6 is 11.6 Å². The van der Waals surface area contributed by atoms with E-state index in [4.69, 9.17) is 11.6 Å². The van der Waals surface area contributed by atoms with Gasteiger partial charge >= 0.3 is 0 Å². The van der Waals surface area contributed by atoms with Gasteiger partial charge in [0.2, 0.25) is 5.95 Å². The van der Waals surface area contributed by atoms with E-state index in [0.717, 1.165) is 11.1 Å². The van der Waals surface area contributed by atoms with Gasteiger partial charge in [0.05, 0.1) is 5.56 Å². The SMILES string of the molecule is O=C(NCc1ccccc1)c1cnc(NCc2ccc(Cl)cc2)nc1. The van der Waals surface area contributed by atoms with Crippen LogP contribution in [-0.4, -0.2) is 15.9 Å². The second kappa shape index (κ2) is 8.26. The molecule has 1 heterocycles. The van der Waals surface area contributed by atoms with Crippen molar-refractivity contribution in [1.29, 1.82) is 0 Å². The van der Waals surface area contributed by atoms with Crippen LogP contribution in [0.2, 0.25) is 5.02 Å². The highest BCUT2D eigenvalue weighted by Crippen LogP contribution is 2.10. The van der Waals surface area contributed by atoms with E-state index in [2.05, 4.69) is 20.6 Å². The van der Waals surface area contributed by atoms with Crippen molar-refractivity contribution in [3.63, 3.8) is 0 Å². The van der Waals surface area contributed by atoms with Crippen LogP contribution in [0, 0.1) is 0 Å². The Morgan fingerprint density at radius 1 is 0.880 bits per heavy atom. The average molecular weight is 353 g/mol.